The Bertz CT molecular complexity index is 777. The summed E-state index contributed by atoms with van der Waals surface area (Å²) in [5, 5.41) is 0. The molecule has 26 heavy (non-hydrogen) atoms. The smallest absolute Gasteiger partial charge is 0.219 e. The first-order chi connectivity index (χ1) is 12.6. The fourth-order valence-corrected chi connectivity index (χ4v) is 4.21. The lowest BCUT2D eigenvalue weighted by Crippen LogP contribution is -2.57. The van der Waals surface area contributed by atoms with Gasteiger partial charge in [0.2, 0.25) is 5.91 Å². The standard InChI is InChI=1S/C22H26N2O2/c1-18(25)24-15-20-10-5-6-11-21(20)26-22(17-24)12-7-13-23(16-22)14-19-8-3-2-4-9-19/h2-6,8-11H,7,12-17H2,1H3/t22-/m1/s1. The Morgan fingerprint density at radius 1 is 1.08 bits per heavy atom. The van der Waals surface area contributed by atoms with E-state index in [1.807, 2.05) is 23.1 Å². The zero-order chi connectivity index (χ0) is 18.0. The maximum Gasteiger partial charge on any atom is 0.219 e. The Kier molecular flexibility index (Phi) is 4.68. The first-order valence-electron chi connectivity index (χ1n) is 9.42. The number of fused-ring (bicyclic) bond motifs is 1. The van der Waals surface area contributed by atoms with Crippen LogP contribution in [-0.2, 0) is 17.9 Å². The van der Waals surface area contributed by atoms with E-state index < -0.39 is 0 Å². The quantitative estimate of drug-likeness (QED) is 0.831. The van der Waals surface area contributed by atoms with E-state index in [1.165, 1.54) is 5.56 Å². The molecule has 2 heterocycles. The molecule has 2 aromatic rings. The number of hydrogen-bond acceptors (Lipinski definition) is 3. The van der Waals surface area contributed by atoms with Crippen molar-refractivity contribution < 1.29 is 9.53 Å². The van der Waals surface area contributed by atoms with Crippen molar-refractivity contribution in [3.63, 3.8) is 0 Å². The van der Waals surface area contributed by atoms with Gasteiger partial charge >= 0.3 is 0 Å². The van der Waals surface area contributed by atoms with E-state index >= 15 is 0 Å². The average Bonchev–Trinajstić information content (AvgIpc) is 2.79. The molecule has 1 saturated heterocycles. The van der Waals surface area contributed by atoms with Crippen LogP contribution in [-0.4, -0.2) is 40.9 Å². The van der Waals surface area contributed by atoms with E-state index in [0.29, 0.717) is 13.1 Å². The number of hydrogen-bond donors (Lipinski definition) is 0. The van der Waals surface area contributed by atoms with Gasteiger partial charge < -0.3 is 9.64 Å². The molecule has 4 heteroatoms. The third kappa shape index (κ3) is 3.61. The van der Waals surface area contributed by atoms with Crippen molar-refractivity contribution in [2.45, 2.75) is 38.5 Å². The summed E-state index contributed by atoms with van der Waals surface area (Å²) in [6.45, 7) is 5.79. The van der Waals surface area contributed by atoms with Crippen molar-refractivity contribution in [1.29, 1.82) is 0 Å². The van der Waals surface area contributed by atoms with Crippen molar-refractivity contribution in [2.24, 2.45) is 0 Å². The summed E-state index contributed by atoms with van der Waals surface area (Å²) in [5.74, 6) is 1.04. The number of ether oxygens (including phenoxy) is 1. The van der Waals surface area contributed by atoms with Gasteiger partial charge in [-0.3, -0.25) is 9.69 Å². The number of benzene rings is 2. The summed E-state index contributed by atoms with van der Waals surface area (Å²) < 4.78 is 6.60. The molecule has 0 aliphatic carbocycles. The molecule has 2 aliphatic heterocycles. The number of likely N-dealkylation sites (tertiary alicyclic amines) is 1. The average molecular weight is 350 g/mol. The molecule has 2 aliphatic rings. The predicted molar refractivity (Wildman–Crippen MR) is 102 cm³/mol. The minimum absolute atomic E-state index is 0.116. The van der Waals surface area contributed by atoms with E-state index in [1.54, 1.807) is 6.92 Å². The lowest BCUT2D eigenvalue weighted by molar-refractivity contribution is -0.133. The van der Waals surface area contributed by atoms with Gasteiger partial charge in [0.25, 0.3) is 0 Å². The molecular formula is C22H26N2O2. The van der Waals surface area contributed by atoms with E-state index in [0.717, 1.165) is 43.8 Å². The molecule has 0 saturated carbocycles. The van der Waals surface area contributed by atoms with Crippen LogP contribution < -0.4 is 4.74 Å². The molecule has 1 spiro atoms. The predicted octanol–water partition coefficient (Wildman–Crippen LogP) is 3.46. The van der Waals surface area contributed by atoms with Crippen molar-refractivity contribution in [2.75, 3.05) is 19.6 Å². The highest BCUT2D eigenvalue weighted by Crippen LogP contribution is 2.35. The van der Waals surface area contributed by atoms with Crippen LogP contribution in [0.25, 0.3) is 0 Å². The van der Waals surface area contributed by atoms with Crippen LogP contribution in [0.4, 0.5) is 0 Å². The molecule has 2 aromatic carbocycles. The first-order valence-corrected chi connectivity index (χ1v) is 9.42. The number of nitrogens with zero attached hydrogens (tertiary/aromatic N) is 2. The maximum atomic E-state index is 12.2. The van der Waals surface area contributed by atoms with Gasteiger partial charge in [-0.25, -0.2) is 0 Å². The van der Waals surface area contributed by atoms with E-state index in [2.05, 4.69) is 41.3 Å². The topological polar surface area (TPSA) is 32.8 Å². The molecule has 4 rings (SSSR count). The summed E-state index contributed by atoms with van der Waals surface area (Å²) in [5.41, 5.74) is 2.09. The summed E-state index contributed by atoms with van der Waals surface area (Å²) in [7, 11) is 0. The third-order valence-corrected chi connectivity index (χ3v) is 5.45. The molecule has 0 unspecified atom stereocenters. The number of carbonyl (C=O) groups excluding carboxylic acids is 1. The van der Waals surface area contributed by atoms with Crippen LogP contribution >= 0.6 is 0 Å². The second-order valence-corrected chi connectivity index (χ2v) is 7.57. The van der Waals surface area contributed by atoms with E-state index in [9.17, 15) is 4.79 Å². The van der Waals surface area contributed by atoms with Crippen molar-refractivity contribution in [1.82, 2.24) is 9.80 Å². The largest absolute Gasteiger partial charge is 0.484 e. The minimum atomic E-state index is -0.328. The van der Waals surface area contributed by atoms with Crippen LogP contribution in [0.3, 0.4) is 0 Å². The Morgan fingerprint density at radius 2 is 1.85 bits per heavy atom. The minimum Gasteiger partial charge on any atom is -0.484 e. The van der Waals surface area contributed by atoms with Gasteiger partial charge in [-0.2, -0.15) is 0 Å². The van der Waals surface area contributed by atoms with Crippen molar-refractivity contribution in [3.8, 4) is 5.75 Å². The lowest BCUT2D eigenvalue weighted by Gasteiger charge is -2.43. The fourth-order valence-electron chi connectivity index (χ4n) is 4.21. The van der Waals surface area contributed by atoms with Gasteiger partial charge in [-0.15, -0.1) is 0 Å². The molecule has 0 bridgehead atoms. The molecule has 4 nitrogen and oxygen atoms in total. The first kappa shape index (κ1) is 17.1. The molecule has 1 fully saturated rings. The molecule has 136 valence electrons. The number of para-hydroxylation sites is 1. The zero-order valence-corrected chi connectivity index (χ0v) is 15.4. The van der Waals surface area contributed by atoms with Crippen molar-refractivity contribution >= 4 is 5.91 Å². The molecule has 1 atom stereocenters. The summed E-state index contributed by atoms with van der Waals surface area (Å²) in [6, 6.07) is 18.7. The SMILES string of the molecule is CC(=O)N1Cc2ccccc2O[C@@]2(CCCN(Cc3ccccc3)C2)C1. The van der Waals surface area contributed by atoms with Crippen LogP contribution in [0.1, 0.15) is 30.9 Å². The molecule has 0 radical (unpaired) electrons. The third-order valence-electron chi connectivity index (χ3n) is 5.45. The number of amides is 1. The van der Waals surface area contributed by atoms with E-state index in [-0.39, 0.29) is 11.5 Å². The monoisotopic (exact) mass is 350 g/mol. The summed E-state index contributed by atoms with van der Waals surface area (Å²) in [6.07, 6.45) is 2.07. The summed E-state index contributed by atoms with van der Waals surface area (Å²) >= 11 is 0. The van der Waals surface area contributed by atoms with Gasteiger partial charge in [-0.05, 0) is 31.0 Å². The van der Waals surface area contributed by atoms with Gasteiger partial charge in [0.15, 0.2) is 0 Å². The maximum absolute atomic E-state index is 12.2. The highest BCUT2D eigenvalue weighted by atomic mass is 16.5. The molecular weight excluding hydrogens is 324 g/mol. The second kappa shape index (κ2) is 7.12. The van der Waals surface area contributed by atoms with Crippen LogP contribution in [0.5, 0.6) is 5.75 Å². The highest BCUT2D eigenvalue weighted by molar-refractivity contribution is 5.73. The molecule has 1 amide bonds. The number of carbonyl (C=O) groups is 1. The van der Waals surface area contributed by atoms with Gasteiger partial charge in [0, 0.05) is 32.1 Å². The molecule has 0 aromatic heterocycles. The Hall–Kier alpha value is -2.33. The van der Waals surface area contributed by atoms with E-state index in [4.69, 9.17) is 4.74 Å². The Labute approximate surface area is 155 Å². The Balaban J connectivity index is 1.59. The zero-order valence-electron chi connectivity index (χ0n) is 15.4. The van der Waals surface area contributed by atoms with Gasteiger partial charge in [0.05, 0.1) is 6.54 Å². The van der Waals surface area contributed by atoms with Crippen molar-refractivity contribution in [3.05, 3.63) is 65.7 Å². The normalized spacial score (nSPS) is 23.2. The van der Waals surface area contributed by atoms with Gasteiger partial charge in [-0.1, -0.05) is 48.5 Å². The Morgan fingerprint density at radius 3 is 2.65 bits per heavy atom. The molecule has 0 N–H and O–H groups in total. The highest BCUT2D eigenvalue weighted by Gasteiger charge is 2.42. The van der Waals surface area contributed by atoms with Crippen LogP contribution in [0.15, 0.2) is 54.6 Å². The van der Waals surface area contributed by atoms with Crippen LogP contribution in [0.2, 0.25) is 0 Å². The van der Waals surface area contributed by atoms with Gasteiger partial charge in [0.1, 0.15) is 11.4 Å². The second-order valence-electron chi connectivity index (χ2n) is 7.57. The number of rotatable bonds is 2. The van der Waals surface area contributed by atoms with Crippen LogP contribution in [0, 0.1) is 0 Å². The number of piperidine rings is 1. The lowest BCUT2D eigenvalue weighted by atomic mass is 9.91. The fraction of sp³-hybridized carbons (Fsp3) is 0.409. The summed E-state index contributed by atoms with van der Waals surface area (Å²) in [4.78, 5) is 16.6.